The Morgan fingerprint density at radius 2 is 1.48 bits per heavy atom. The van der Waals surface area contributed by atoms with Crippen LogP contribution in [0.4, 0.5) is 0 Å². The number of benzene rings is 3. The fourth-order valence-electron chi connectivity index (χ4n) is 5.78. The zero-order valence-electron chi connectivity index (χ0n) is 17.1. The number of cyclic esters (lactones) is 1. The third kappa shape index (κ3) is 2.89. The van der Waals surface area contributed by atoms with Crippen molar-refractivity contribution in [2.24, 2.45) is 5.92 Å². The first-order valence-corrected chi connectivity index (χ1v) is 10.9. The number of carbonyl (C=O) groups excluding carboxylic acids is 2. The van der Waals surface area contributed by atoms with E-state index in [0.29, 0.717) is 30.4 Å². The molecule has 0 radical (unpaired) electrons. The van der Waals surface area contributed by atoms with E-state index in [4.69, 9.17) is 4.74 Å². The molecule has 4 nitrogen and oxygen atoms in total. The van der Waals surface area contributed by atoms with Gasteiger partial charge in [0.1, 0.15) is 0 Å². The Labute approximate surface area is 181 Å². The van der Waals surface area contributed by atoms with E-state index >= 15 is 0 Å². The average molecular weight is 409 g/mol. The third-order valence-electron chi connectivity index (χ3n) is 7.15. The van der Waals surface area contributed by atoms with Gasteiger partial charge in [-0.2, -0.15) is 0 Å². The highest BCUT2D eigenvalue weighted by molar-refractivity contribution is 5.95. The molecule has 0 saturated carbocycles. The van der Waals surface area contributed by atoms with Crippen LogP contribution in [0.2, 0.25) is 0 Å². The van der Waals surface area contributed by atoms with Crippen molar-refractivity contribution < 1.29 is 14.3 Å². The van der Waals surface area contributed by atoms with Gasteiger partial charge in [0.05, 0.1) is 5.56 Å². The lowest BCUT2D eigenvalue weighted by Crippen LogP contribution is -2.45. The monoisotopic (exact) mass is 409 g/mol. The summed E-state index contributed by atoms with van der Waals surface area (Å²) < 4.78 is 5.44. The lowest BCUT2D eigenvalue weighted by molar-refractivity contribution is -0.130. The maximum absolute atomic E-state index is 12.9. The van der Waals surface area contributed by atoms with Crippen molar-refractivity contribution in [1.29, 1.82) is 0 Å². The summed E-state index contributed by atoms with van der Waals surface area (Å²) in [5, 5.41) is 3.10. The second kappa shape index (κ2) is 7.09. The zero-order valence-corrected chi connectivity index (χ0v) is 17.1. The van der Waals surface area contributed by atoms with Gasteiger partial charge in [-0.05, 0) is 46.2 Å². The molecule has 2 bridgehead atoms. The average Bonchev–Trinajstić information content (AvgIpc) is 2.82. The highest BCUT2D eigenvalue weighted by Crippen LogP contribution is 2.55. The van der Waals surface area contributed by atoms with Gasteiger partial charge in [0.2, 0.25) is 0 Å². The first-order valence-electron chi connectivity index (χ1n) is 10.9. The van der Waals surface area contributed by atoms with Crippen molar-refractivity contribution in [3.8, 4) is 0 Å². The van der Waals surface area contributed by atoms with Crippen LogP contribution in [0.5, 0.6) is 0 Å². The fourth-order valence-corrected chi connectivity index (χ4v) is 5.78. The summed E-state index contributed by atoms with van der Waals surface area (Å²) in [7, 11) is 0. The molecule has 4 heteroatoms. The summed E-state index contributed by atoms with van der Waals surface area (Å²) in [5.41, 5.74) is 7.05. The number of nitrogens with one attached hydrogen (secondary N) is 1. The number of amides is 1. The molecule has 0 spiro atoms. The van der Waals surface area contributed by atoms with Gasteiger partial charge in [-0.15, -0.1) is 0 Å². The smallest absolute Gasteiger partial charge is 0.339 e. The molecule has 1 aliphatic heterocycles. The Kier molecular flexibility index (Phi) is 4.20. The minimum absolute atomic E-state index is 0.203. The van der Waals surface area contributed by atoms with Crippen molar-refractivity contribution in [2.45, 2.75) is 30.8 Å². The molecule has 7 rings (SSSR count). The third-order valence-corrected chi connectivity index (χ3v) is 7.15. The first-order chi connectivity index (χ1) is 15.2. The van der Waals surface area contributed by atoms with Crippen LogP contribution in [-0.4, -0.2) is 24.5 Å². The van der Waals surface area contributed by atoms with Crippen LogP contribution in [0.25, 0.3) is 0 Å². The predicted molar refractivity (Wildman–Crippen MR) is 117 cm³/mol. The molecule has 1 N–H and O–H groups in total. The van der Waals surface area contributed by atoms with Gasteiger partial charge < -0.3 is 10.1 Å². The Bertz CT molecular complexity index is 1150. The molecular weight excluding hydrogens is 386 g/mol. The quantitative estimate of drug-likeness (QED) is 0.660. The van der Waals surface area contributed by atoms with Gasteiger partial charge in [0.15, 0.2) is 6.10 Å². The zero-order chi connectivity index (χ0) is 20.9. The van der Waals surface area contributed by atoms with Gasteiger partial charge >= 0.3 is 5.97 Å². The van der Waals surface area contributed by atoms with Crippen LogP contribution < -0.4 is 5.32 Å². The van der Waals surface area contributed by atoms with Crippen LogP contribution in [0.1, 0.15) is 56.4 Å². The second-order valence-corrected chi connectivity index (χ2v) is 8.78. The number of carbonyl (C=O) groups is 2. The van der Waals surface area contributed by atoms with E-state index in [1.807, 2.05) is 18.2 Å². The van der Waals surface area contributed by atoms with Crippen LogP contribution in [0.15, 0.2) is 72.8 Å². The van der Waals surface area contributed by atoms with Crippen LogP contribution >= 0.6 is 0 Å². The summed E-state index contributed by atoms with van der Waals surface area (Å²) in [4.78, 5) is 25.2. The lowest BCUT2D eigenvalue weighted by atomic mass is 9.59. The molecule has 2 unspecified atom stereocenters. The molecule has 3 aromatic rings. The van der Waals surface area contributed by atoms with Gasteiger partial charge in [-0.1, -0.05) is 66.7 Å². The number of hydrogen-bond acceptors (Lipinski definition) is 3. The van der Waals surface area contributed by atoms with Crippen molar-refractivity contribution >= 4 is 11.9 Å². The van der Waals surface area contributed by atoms with Gasteiger partial charge in [-0.25, -0.2) is 4.79 Å². The van der Waals surface area contributed by atoms with Gasteiger partial charge in [0.25, 0.3) is 5.91 Å². The van der Waals surface area contributed by atoms with Crippen LogP contribution in [-0.2, 0) is 16.0 Å². The molecule has 1 heterocycles. The molecule has 3 aliphatic carbocycles. The number of ether oxygens (including phenoxy) is 1. The topological polar surface area (TPSA) is 55.4 Å². The molecule has 0 fully saturated rings. The van der Waals surface area contributed by atoms with Crippen molar-refractivity contribution in [2.75, 3.05) is 6.54 Å². The van der Waals surface area contributed by atoms with Gasteiger partial charge in [0, 0.05) is 24.8 Å². The Balaban J connectivity index is 1.22. The van der Waals surface area contributed by atoms with Crippen molar-refractivity contribution in [1.82, 2.24) is 5.32 Å². The van der Waals surface area contributed by atoms with E-state index in [2.05, 4.69) is 53.8 Å². The predicted octanol–water partition coefficient (Wildman–Crippen LogP) is 4.18. The van der Waals surface area contributed by atoms with E-state index in [1.54, 1.807) is 6.07 Å². The number of esters is 1. The number of hydrogen-bond donors (Lipinski definition) is 1. The minimum atomic E-state index is -0.761. The SMILES string of the molecule is O=C1OC(C(=O)NCC2CC3c4ccccc4C2c2ccccc23)Cc2ccccc21. The van der Waals surface area contributed by atoms with E-state index in [9.17, 15) is 9.59 Å². The first kappa shape index (κ1) is 18.4. The molecule has 0 aromatic heterocycles. The summed E-state index contributed by atoms with van der Waals surface area (Å²) in [6.07, 6.45) is 0.685. The van der Waals surface area contributed by atoms with E-state index < -0.39 is 12.1 Å². The van der Waals surface area contributed by atoms with Crippen LogP contribution in [0, 0.1) is 5.92 Å². The number of rotatable bonds is 3. The second-order valence-electron chi connectivity index (χ2n) is 8.78. The van der Waals surface area contributed by atoms with E-state index in [1.165, 1.54) is 22.3 Å². The summed E-state index contributed by atoms with van der Waals surface area (Å²) in [6, 6.07) is 24.8. The molecule has 2 atom stereocenters. The van der Waals surface area contributed by atoms with Gasteiger partial charge in [-0.3, -0.25) is 4.79 Å². The molecule has 1 amide bonds. The lowest BCUT2D eigenvalue weighted by Gasteiger charge is -2.45. The molecule has 3 aromatic carbocycles. The largest absolute Gasteiger partial charge is 0.448 e. The Hall–Kier alpha value is -3.40. The van der Waals surface area contributed by atoms with Crippen molar-refractivity contribution in [3.05, 3.63) is 106 Å². The maximum Gasteiger partial charge on any atom is 0.339 e. The minimum Gasteiger partial charge on any atom is -0.448 e. The summed E-state index contributed by atoms with van der Waals surface area (Å²) >= 11 is 0. The highest BCUT2D eigenvalue weighted by Gasteiger charge is 2.43. The van der Waals surface area contributed by atoms with Crippen molar-refractivity contribution in [3.63, 3.8) is 0 Å². The van der Waals surface area contributed by atoms with E-state index in [0.717, 1.165) is 12.0 Å². The van der Waals surface area contributed by atoms with Crippen LogP contribution in [0.3, 0.4) is 0 Å². The highest BCUT2D eigenvalue weighted by atomic mass is 16.5. The molecule has 31 heavy (non-hydrogen) atoms. The summed E-state index contributed by atoms with van der Waals surface area (Å²) in [5.74, 6) is 0.365. The maximum atomic E-state index is 12.9. The fraction of sp³-hybridized carbons (Fsp3) is 0.259. The normalized spacial score (nSPS) is 25.1. The molecule has 4 aliphatic rings. The molecule has 0 saturated heterocycles. The molecular formula is C27H23NO3. The Morgan fingerprint density at radius 3 is 2.19 bits per heavy atom. The molecule has 154 valence electrons. The summed E-state index contributed by atoms with van der Waals surface area (Å²) in [6.45, 7) is 0.582. The number of fused-ring (bicyclic) bond motifs is 2. The van der Waals surface area contributed by atoms with E-state index in [-0.39, 0.29) is 11.8 Å². The Morgan fingerprint density at radius 1 is 0.871 bits per heavy atom. The standard InChI is InChI=1S/C27H23NO3/c29-26(24-14-16-7-1-2-8-18(16)27(30)31-24)28-15-17-13-23-19-9-3-5-11-21(19)25(17)22-12-6-4-10-20(22)23/h1-12,17,23-25H,13-15H2,(H,28,29).